The molecule has 0 bridgehead atoms. The highest BCUT2D eigenvalue weighted by Crippen LogP contribution is 2.12. The average Bonchev–Trinajstić information content (AvgIpc) is 2.58. The Balaban J connectivity index is -0.000000380. The predicted octanol–water partition coefficient (Wildman–Crippen LogP) is 2.87. The molecule has 0 aromatic rings. The normalized spacial score (nSPS) is 10.2. The van der Waals surface area contributed by atoms with Gasteiger partial charge in [0.15, 0.2) is 0 Å². The number of aliphatic hydroxyl groups is 1. The maximum absolute atomic E-state index is 10.8. The van der Waals surface area contributed by atoms with Crippen LogP contribution in [0.4, 0.5) is 0 Å². The van der Waals surface area contributed by atoms with E-state index in [0.717, 1.165) is 6.42 Å². The molecular formula is C18H39BrN2O4. The van der Waals surface area contributed by atoms with Crippen LogP contribution in [-0.2, 0) is 14.3 Å². The minimum absolute atomic E-state index is 0.0476. The van der Waals surface area contributed by atoms with Crippen molar-refractivity contribution in [3.05, 3.63) is 0 Å². The van der Waals surface area contributed by atoms with Gasteiger partial charge in [-0.2, -0.15) is 0 Å². The third kappa shape index (κ3) is 25.7. The molecule has 0 unspecified atom stereocenters. The van der Waals surface area contributed by atoms with Gasteiger partial charge in [-0.3, -0.25) is 9.59 Å². The summed E-state index contributed by atoms with van der Waals surface area (Å²) in [6.45, 7) is 13.1. The van der Waals surface area contributed by atoms with Gasteiger partial charge in [0, 0.05) is 26.6 Å². The van der Waals surface area contributed by atoms with E-state index in [1.165, 1.54) is 0 Å². The number of ether oxygens (including phenoxy) is 1. The van der Waals surface area contributed by atoms with Crippen molar-refractivity contribution in [2.24, 2.45) is 5.92 Å². The molecular weight excluding hydrogens is 388 g/mol. The fraction of sp³-hybridized carbons (Fsp3) is 0.889. The maximum atomic E-state index is 10.8. The van der Waals surface area contributed by atoms with E-state index in [-0.39, 0.29) is 24.0 Å². The first-order valence-corrected chi connectivity index (χ1v) is 10.1. The van der Waals surface area contributed by atoms with Gasteiger partial charge in [-0.1, -0.05) is 43.6 Å². The Hall–Kier alpha value is -0.660. The van der Waals surface area contributed by atoms with Crippen LogP contribution in [0.5, 0.6) is 0 Å². The molecule has 3 N–H and O–H groups in total. The largest absolute Gasteiger partial charge is 0.396 e. The molecule has 0 saturated carbocycles. The molecule has 7 heteroatoms. The van der Waals surface area contributed by atoms with Gasteiger partial charge in [0.25, 0.3) is 0 Å². The number of halogens is 1. The molecule has 0 rings (SSSR count). The number of nitrogens with one attached hydrogen (secondary N) is 2. The first-order valence-electron chi connectivity index (χ1n) is 8.96. The molecule has 6 nitrogen and oxygen atoms in total. The molecule has 0 heterocycles. The zero-order valence-electron chi connectivity index (χ0n) is 17.1. The van der Waals surface area contributed by atoms with Crippen LogP contribution in [0.2, 0.25) is 0 Å². The summed E-state index contributed by atoms with van der Waals surface area (Å²) in [7, 11) is 1.67. The lowest BCUT2D eigenvalue weighted by molar-refractivity contribution is -0.121. The average molecular weight is 427 g/mol. The van der Waals surface area contributed by atoms with Crippen LogP contribution < -0.4 is 10.6 Å². The zero-order chi connectivity index (χ0) is 20.3. The van der Waals surface area contributed by atoms with E-state index in [0.29, 0.717) is 37.2 Å². The van der Waals surface area contributed by atoms with Crippen molar-refractivity contribution in [3.8, 4) is 0 Å². The smallest absolute Gasteiger partial charge is 0.230 e. The van der Waals surface area contributed by atoms with Gasteiger partial charge in [-0.25, -0.2) is 0 Å². The van der Waals surface area contributed by atoms with Crippen molar-refractivity contribution in [2.45, 2.75) is 66.4 Å². The third-order valence-electron chi connectivity index (χ3n) is 2.98. The quantitative estimate of drug-likeness (QED) is 0.370. The number of carbonyl (C=O) groups excluding carboxylic acids is 2. The summed E-state index contributed by atoms with van der Waals surface area (Å²) in [6, 6.07) is 0. The number of hydrogen-bond donors (Lipinski definition) is 3. The minimum Gasteiger partial charge on any atom is -0.396 e. The molecule has 0 aliphatic rings. The van der Waals surface area contributed by atoms with E-state index in [1.54, 1.807) is 7.05 Å². The molecule has 0 atom stereocenters. The van der Waals surface area contributed by atoms with Gasteiger partial charge in [0.05, 0.1) is 17.5 Å². The Kier molecular flexibility index (Phi) is 22.9. The maximum Gasteiger partial charge on any atom is 0.230 e. The highest BCUT2D eigenvalue weighted by molar-refractivity contribution is 9.09. The second-order valence-electron chi connectivity index (χ2n) is 6.17. The van der Waals surface area contributed by atoms with Gasteiger partial charge in [0.1, 0.15) is 0 Å². The standard InChI is InChI=1S/C9H18BrNO3.C7H15NO.C2H6/c1-9(2,3-5-12)14-6-4-11-8(13)7-10;1-6(2)4-5-7(9)8-3;1-2/h12H,3-7H2,1-2H3,(H,11,13);6H,4-5H2,1-3H3,(H,8,9);1-2H3. The molecule has 152 valence electrons. The van der Waals surface area contributed by atoms with Crippen molar-refractivity contribution in [2.75, 3.05) is 32.1 Å². The first-order chi connectivity index (χ1) is 11.7. The lowest BCUT2D eigenvalue weighted by Crippen LogP contribution is -2.33. The number of carbonyl (C=O) groups is 2. The van der Waals surface area contributed by atoms with Crippen molar-refractivity contribution in [1.82, 2.24) is 10.6 Å². The van der Waals surface area contributed by atoms with Gasteiger partial charge >= 0.3 is 0 Å². The zero-order valence-corrected chi connectivity index (χ0v) is 18.7. The van der Waals surface area contributed by atoms with Crippen LogP contribution in [0.25, 0.3) is 0 Å². The number of rotatable bonds is 10. The summed E-state index contributed by atoms with van der Waals surface area (Å²) in [6.07, 6.45) is 2.24. The van der Waals surface area contributed by atoms with Crippen LogP contribution in [0.1, 0.15) is 60.8 Å². The van der Waals surface area contributed by atoms with Crippen LogP contribution in [0.3, 0.4) is 0 Å². The van der Waals surface area contributed by atoms with Crippen LogP contribution in [-0.4, -0.2) is 54.7 Å². The van der Waals surface area contributed by atoms with E-state index in [1.807, 2.05) is 27.7 Å². The summed E-state index contributed by atoms with van der Waals surface area (Å²) < 4.78 is 5.47. The summed E-state index contributed by atoms with van der Waals surface area (Å²) in [5.41, 5.74) is -0.326. The molecule has 25 heavy (non-hydrogen) atoms. The van der Waals surface area contributed by atoms with Crippen LogP contribution in [0.15, 0.2) is 0 Å². The molecule has 0 aliphatic carbocycles. The van der Waals surface area contributed by atoms with E-state index < -0.39 is 0 Å². The Morgan fingerprint density at radius 3 is 2.16 bits per heavy atom. The lowest BCUT2D eigenvalue weighted by atomic mass is 10.1. The number of amides is 2. The summed E-state index contributed by atoms with van der Waals surface area (Å²) in [5.74, 6) is 0.722. The van der Waals surface area contributed by atoms with Crippen LogP contribution >= 0.6 is 15.9 Å². The summed E-state index contributed by atoms with van der Waals surface area (Å²) in [4.78, 5) is 21.4. The number of aliphatic hydroxyl groups excluding tert-OH is 1. The van der Waals surface area contributed by atoms with Gasteiger partial charge in [-0.15, -0.1) is 0 Å². The monoisotopic (exact) mass is 426 g/mol. The van der Waals surface area contributed by atoms with Gasteiger partial charge < -0.3 is 20.5 Å². The predicted molar refractivity (Wildman–Crippen MR) is 108 cm³/mol. The van der Waals surface area contributed by atoms with E-state index in [9.17, 15) is 9.59 Å². The highest BCUT2D eigenvalue weighted by atomic mass is 79.9. The second kappa shape index (κ2) is 19.7. The number of alkyl halides is 1. The van der Waals surface area contributed by atoms with Crippen molar-refractivity contribution < 1.29 is 19.4 Å². The number of hydrogen-bond acceptors (Lipinski definition) is 4. The van der Waals surface area contributed by atoms with Crippen molar-refractivity contribution in [1.29, 1.82) is 0 Å². The molecule has 0 aromatic heterocycles. The topological polar surface area (TPSA) is 87.7 Å². The first kappa shape index (κ1) is 29.1. The SMILES string of the molecule is CC.CC(C)(CCO)OCCNC(=O)CBr.CNC(=O)CCC(C)C. The van der Waals surface area contributed by atoms with Crippen molar-refractivity contribution >= 4 is 27.7 Å². The van der Waals surface area contributed by atoms with Gasteiger partial charge in [0.2, 0.25) is 11.8 Å². The molecule has 0 aromatic carbocycles. The van der Waals surface area contributed by atoms with Crippen LogP contribution in [0, 0.1) is 5.92 Å². The minimum atomic E-state index is -0.326. The third-order valence-corrected chi connectivity index (χ3v) is 3.49. The summed E-state index contributed by atoms with van der Waals surface area (Å²) >= 11 is 3.05. The lowest BCUT2D eigenvalue weighted by Gasteiger charge is -2.24. The van der Waals surface area contributed by atoms with Gasteiger partial charge in [-0.05, 0) is 32.6 Å². The highest BCUT2D eigenvalue weighted by Gasteiger charge is 2.16. The van der Waals surface area contributed by atoms with E-state index in [4.69, 9.17) is 9.84 Å². The molecule has 0 saturated heterocycles. The second-order valence-corrected chi connectivity index (χ2v) is 6.73. The van der Waals surface area contributed by atoms with Crippen molar-refractivity contribution in [3.63, 3.8) is 0 Å². The summed E-state index contributed by atoms with van der Waals surface area (Å²) in [5, 5.41) is 14.3. The van der Waals surface area contributed by atoms with E-state index in [2.05, 4.69) is 40.4 Å². The Labute approximate surface area is 162 Å². The fourth-order valence-corrected chi connectivity index (χ4v) is 1.65. The Morgan fingerprint density at radius 2 is 1.76 bits per heavy atom. The Bertz CT molecular complexity index is 324. The Morgan fingerprint density at radius 1 is 1.20 bits per heavy atom. The fourth-order valence-electron chi connectivity index (χ4n) is 1.45. The van der Waals surface area contributed by atoms with E-state index >= 15 is 0 Å². The molecule has 0 radical (unpaired) electrons. The molecule has 0 fully saturated rings. The molecule has 2 amide bonds. The molecule has 0 aliphatic heterocycles. The molecule has 0 spiro atoms.